The van der Waals surface area contributed by atoms with Crippen LogP contribution in [0.2, 0.25) is 0 Å². The molecule has 0 aliphatic carbocycles. The van der Waals surface area contributed by atoms with E-state index in [9.17, 15) is 19.5 Å². The highest BCUT2D eigenvalue weighted by molar-refractivity contribution is 6.21. The van der Waals surface area contributed by atoms with Crippen molar-refractivity contribution in [2.75, 3.05) is 19.6 Å². The van der Waals surface area contributed by atoms with E-state index in [4.69, 9.17) is 0 Å². The van der Waals surface area contributed by atoms with E-state index in [0.717, 1.165) is 0 Å². The molecule has 2 aliphatic heterocycles. The fourth-order valence-corrected chi connectivity index (χ4v) is 3.10. The first kappa shape index (κ1) is 15.7. The zero-order valence-electron chi connectivity index (χ0n) is 12.9. The van der Waals surface area contributed by atoms with Crippen molar-refractivity contribution in [2.24, 2.45) is 0 Å². The lowest BCUT2D eigenvalue weighted by Gasteiger charge is -2.29. The first-order valence-corrected chi connectivity index (χ1v) is 7.99. The number of benzene rings is 1. The van der Waals surface area contributed by atoms with E-state index in [1.54, 1.807) is 29.2 Å². The van der Waals surface area contributed by atoms with Crippen LogP contribution in [-0.2, 0) is 4.79 Å². The summed E-state index contributed by atoms with van der Waals surface area (Å²) in [5, 5.41) is 9.45. The van der Waals surface area contributed by atoms with Gasteiger partial charge in [0.2, 0.25) is 5.91 Å². The molecule has 6 nitrogen and oxygen atoms in total. The Labute approximate surface area is 134 Å². The summed E-state index contributed by atoms with van der Waals surface area (Å²) in [6.07, 6.45) is 1.69. The standard InChI is InChI=1S/C17H20N2O4/c20-12-7-10-18(11-8-12)15(21)6-3-9-19-16(22)13-4-1-2-5-14(13)17(19)23/h1-2,4-5,12,20H,3,6-11H2. The number of rotatable bonds is 4. The second-order valence-electron chi connectivity index (χ2n) is 6.02. The fourth-order valence-electron chi connectivity index (χ4n) is 3.10. The highest BCUT2D eigenvalue weighted by Crippen LogP contribution is 2.22. The Morgan fingerprint density at radius 3 is 2.22 bits per heavy atom. The molecule has 0 saturated carbocycles. The Morgan fingerprint density at radius 2 is 1.65 bits per heavy atom. The number of carbonyl (C=O) groups excluding carboxylic acids is 3. The van der Waals surface area contributed by atoms with Crippen molar-refractivity contribution < 1.29 is 19.5 Å². The molecule has 0 spiro atoms. The van der Waals surface area contributed by atoms with Gasteiger partial charge < -0.3 is 10.0 Å². The number of hydrogen-bond donors (Lipinski definition) is 1. The molecule has 1 N–H and O–H groups in total. The number of nitrogens with zero attached hydrogens (tertiary/aromatic N) is 2. The number of carbonyl (C=O) groups is 3. The molecule has 0 radical (unpaired) electrons. The highest BCUT2D eigenvalue weighted by Gasteiger charge is 2.34. The van der Waals surface area contributed by atoms with Gasteiger partial charge in [0.15, 0.2) is 0 Å². The summed E-state index contributed by atoms with van der Waals surface area (Å²) in [6.45, 7) is 1.41. The number of hydrogen-bond acceptors (Lipinski definition) is 4. The smallest absolute Gasteiger partial charge is 0.261 e. The summed E-state index contributed by atoms with van der Waals surface area (Å²) in [5.41, 5.74) is 0.877. The molecule has 3 rings (SSSR count). The normalized spacial score (nSPS) is 18.5. The Kier molecular flexibility index (Phi) is 4.43. The van der Waals surface area contributed by atoms with Gasteiger partial charge in [-0.15, -0.1) is 0 Å². The molecular weight excluding hydrogens is 296 g/mol. The third kappa shape index (κ3) is 3.12. The van der Waals surface area contributed by atoms with Gasteiger partial charge >= 0.3 is 0 Å². The predicted molar refractivity (Wildman–Crippen MR) is 82.9 cm³/mol. The number of fused-ring (bicyclic) bond motifs is 1. The van der Waals surface area contributed by atoms with Crippen molar-refractivity contribution in [3.63, 3.8) is 0 Å². The van der Waals surface area contributed by atoms with Crippen LogP contribution in [0.25, 0.3) is 0 Å². The summed E-state index contributed by atoms with van der Waals surface area (Å²) >= 11 is 0. The summed E-state index contributed by atoms with van der Waals surface area (Å²) in [7, 11) is 0. The average molecular weight is 316 g/mol. The van der Waals surface area contributed by atoms with Crippen LogP contribution in [0.4, 0.5) is 0 Å². The largest absolute Gasteiger partial charge is 0.393 e. The first-order valence-electron chi connectivity index (χ1n) is 7.99. The molecule has 0 bridgehead atoms. The van der Waals surface area contributed by atoms with Gasteiger partial charge in [-0.1, -0.05) is 12.1 Å². The number of aliphatic hydroxyl groups is 1. The molecule has 23 heavy (non-hydrogen) atoms. The summed E-state index contributed by atoms with van der Waals surface area (Å²) in [6, 6.07) is 6.78. The third-order valence-corrected chi connectivity index (χ3v) is 4.47. The SMILES string of the molecule is O=C(CCCN1C(=O)c2ccccc2C1=O)N1CCC(O)CC1. The Bertz CT molecular complexity index is 600. The van der Waals surface area contributed by atoms with Crippen LogP contribution in [0.3, 0.4) is 0 Å². The first-order chi connectivity index (χ1) is 11.1. The molecule has 6 heteroatoms. The molecule has 0 unspecified atom stereocenters. The maximum absolute atomic E-state index is 12.2. The van der Waals surface area contributed by atoms with Crippen molar-refractivity contribution in [1.82, 2.24) is 9.80 Å². The lowest BCUT2D eigenvalue weighted by atomic mass is 10.1. The van der Waals surface area contributed by atoms with Gasteiger partial charge in [-0.25, -0.2) is 0 Å². The van der Waals surface area contributed by atoms with Crippen LogP contribution < -0.4 is 0 Å². The fraction of sp³-hybridized carbons (Fsp3) is 0.471. The summed E-state index contributed by atoms with van der Waals surface area (Å²) in [4.78, 5) is 39.5. The second-order valence-corrected chi connectivity index (χ2v) is 6.02. The molecule has 2 heterocycles. The summed E-state index contributed by atoms with van der Waals surface area (Å²) < 4.78 is 0. The van der Waals surface area contributed by atoms with Crippen LogP contribution in [0, 0.1) is 0 Å². The maximum atomic E-state index is 12.2. The maximum Gasteiger partial charge on any atom is 0.261 e. The van der Waals surface area contributed by atoms with E-state index in [-0.39, 0.29) is 30.4 Å². The predicted octanol–water partition coefficient (Wildman–Crippen LogP) is 1.05. The second kappa shape index (κ2) is 6.50. The Morgan fingerprint density at radius 1 is 1.09 bits per heavy atom. The molecule has 1 aromatic rings. The molecule has 2 aliphatic rings. The third-order valence-electron chi connectivity index (χ3n) is 4.47. The topological polar surface area (TPSA) is 77.9 Å². The average Bonchev–Trinajstić information content (AvgIpc) is 2.81. The van der Waals surface area contributed by atoms with Gasteiger partial charge in [0.1, 0.15) is 0 Å². The Hall–Kier alpha value is -2.21. The van der Waals surface area contributed by atoms with E-state index < -0.39 is 0 Å². The molecule has 0 aromatic heterocycles. The minimum absolute atomic E-state index is 0.0218. The van der Waals surface area contributed by atoms with Crippen molar-refractivity contribution in [1.29, 1.82) is 0 Å². The zero-order chi connectivity index (χ0) is 16.4. The van der Waals surface area contributed by atoms with Gasteiger partial charge in [-0.05, 0) is 31.4 Å². The molecule has 0 atom stereocenters. The summed E-state index contributed by atoms with van der Waals surface area (Å²) in [5.74, 6) is -0.535. The van der Waals surface area contributed by atoms with Crippen molar-refractivity contribution >= 4 is 17.7 Å². The zero-order valence-corrected chi connectivity index (χ0v) is 12.9. The van der Waals surface area contributed by atoms with Crippen LogP contribution in [0.15, 0.2) is 24.3 Å². The van der Waals surface area contributed by atoms with Gasteiger partial charge in [0.05, 0.1) is 17.2 Å². The molecule has 3 amide bonds. The molecule has 122 valence electrons. The van der Waals surface area contributed by atoms with Crippen LogP contribution in [0.5, 0.6) is 0 Å². The van der Waals surface area contributed by atoms with Gasteiger partial charge in [-0.3, -0.25) is 19.3 Å². The monoisotopic (exact) mass is 316 g/mol. The molecule has 1 fully saturated rings. The Balaban J connectivity index is 1.51. The van der Waals surface area contributed by atoms with Gasteiger partial charge in [0, 0.05) is 26.1 Å². The molecule has 1 saturated heterocycles. The van der Waals surface area contributed by atoms with Crippen LogP contribution in [0.1, 0.15) is 46.4 Å². The van der Waals surface area contributed by atoms with E-state index in [1.165, 1.54) is 4.90 Å². The van der Waals surface area contributed by atoms with Crippen molar-refractivity contribution in [3.8, 4) is 0 Å². The van der Waals surface area contributed by atoms with Gasteiger partial charge in [-0.2, -0.15) is 0 Å². The van der Waals surface area contributed by atoms with E-state index in [0.29, 0.717) is 49.9 Å². The van der Waals surface area contributed by atoms with Crippen LogP contribution >= 0.6 is 0 Å². The van der Waals surface area contributed by atoms with E-state index in [1.807, 2.05) is 0 Å². The number of imide groups is 1. The highest BCUT2D eigenvalue weighted by atomic mass is 16.3. The minimum Gasteiger partial charge on any atom is -0.393 e. The van der Waals surface area contributed by atoms with Crippen LogP contribution in [-0.4, -0.2) is 58.4 Å². The lowest BCUT2D eigenvalue weighted by molar-refractivity contribution is -0.133. The van der Waals surface area contributed by atoms with Gasteiger partial charge in [0.25, 0.3) is 11.8 Å². The lowest BCUT2D eigenvalue weighted by Crippen LogP contribution is -2.40. The van der Waals surface area contributed by atoms with E-state index in [2.05, 4.69) is 0 Å². The van der Waals surface area contributed by atoms with Crippen molar-refractivity contribution in [2.45, 2.75) is 31.8 Å². The number of aliphatic hydroxyl groups excluding tert-OH is 1. The quantitative estimate of drug-likeness (QED) is 0.842. The minimum atomic E-state index is -0.308. The molecular formula is C17H20N2O4. The number of amides is 3. The van der Waals surface area contributed by atoms with Crippen molar-refractivity contribution in [3.05, 3.63) is 35.4 Å². The number of piperidine rings is 1. The number of likely N-dealkylation sites (tertiary alicyclic amines) is 1. The van der Waals surface area contributed by atoms with E-state index >= 15 is 0 Å². The molecule has 1 aromatic carbocycles.